The van der Waals surface area contributed by atoms with E-state index in [1.54, 1.807) is 0 Å². The van der Waals surface area contributed by atoms with Gasteiger partial charge in [0.15, 0.2) is 5.96 Å². The van der Waals surface area contributed by atoms with Crippen molar-refractivity contribution in [3.8, 4) is 0 Å². The van der Waals surface area contributed by atoms with E-state index in [0.717, 1.165) is 0 Å². The third kappa shape index (κ3) is 1.84. The van der Waals surface area contributed by atoms with Crippen molar-refractivity contribution in [3.63, 3.8) is 0 Å². The number of hydrogen-bond donors (Lipinski definition) is 2. The van der Waals surface area contributed by atoms with E-state index in [1.165, 1.54) is 0 Å². The van der Waals surface area contributed by atoms with E-state index in [0.29, 0.717) is 32.0 Å². The van der Waals surface area contributed by atoms with Gasteiger partial charge in [0.25, 0.3) is 5.91 Å². The Bertz CT molecular complexity index is 303. The molecule has 0 aromatic carbocycles. The van der Waals surface area contributed by atoms with Crippen molar-refractivity contribution in [3.05, 3.63) is 0 Å². The van der Waals surface area contributed by atoms with Crippen LogP contribution in [-0.4, -0.2) is 36.7 Å². The van der Waals surface area contributed by atoms with Crippen LogP contribution < -0.4 is 10.6 Å². The molecule has 0 aromatic rings. The van der Waals surface area contributed by atoms with Crippen molar-refractivity contribution in [1.82, 2.24) is 10.6 Å². The zero-order valence-corrected chi connectivity index (χ0v) is 9.17. The first-order valence-electron chi connectivity index (χ1n) is 5.42. The molecular weight excluding hydrogens is 194 g/mol. The van der Waals surface area contributed by atoms with E-state index >= 15 is 0 Å². The predicted octanol–water partition coefficient (Wildman–Crippen LogP) is 0.0194. The third-order valence-electron chi connectivity index (χ3n) is 2.91. The highest BCUT2D eigenvalue weighted by Gasteiger charge is 2.47. The SMILES string of the molecule is CCN=C1NC(=O)C2(CCOC(C)C2)N1. The van der Waals surface area contributed by atoms with E-state index in [1.807, 2.05) is 13.8 Å². The van der Waals surface area contributed by atoms with E-state index in [2.05, 4.69) is 15.6 Å². The zero-order chi connectivity index (χ0) is 10.9. The quantitative estimate of drug-likeness (QED) is 0.642. The second-order valence-electron chi connectivity index (χ2n) is 4.12. The Morgan fingerprint density at radius 1 is 1.67 bits per heavy atom. The van der Waals surface area contributed by atoms with Crippen molar-refractivity contribution in [2.75, 3.05) is 13.2 Å². The summed E-state index contributed by atoms with van der Waals surface area (Å²) in [6.07, 6.45) is 1.55. The molecule has 0 radical (unpaired) electrons. The molecule has 2 saturated heterocycles. The summed E-state index contributed by atoms with van der Waals surface area (Å²) in [5.74, 6) is 0.640. The first-order valence-corrected chi connectivity index (χ1v) is 5.42. The van der Waals surface area contributed by atoms with Gasteiger partial charge in [-0.3, -0.25) is 15.1 Å². The van der Waals surface area contributed by atoms with Gasteiger partial charge in [-0.2, -0.15) is 0 Å². The van der Waals surface area contributed by atoms with Gasteiger partial charge in [0, 0.05) is 26.0 Å². The summed E-state index contributed by atoms with van der Waals surface area (Å²) in [5, 5.41) is 5.98. The minimum absolute atomic E-state index is 0.0323. The van der Waals surface area contributed by atoms with Crippen LogP contribution >= 0.6 is 0 Å². The van der Waals surface area contributed by atoms with Crippen LogP contribution in [0.4, 0.5) is 0 Å². The Morgan fingerprint density at radius 2 is 2.47 bits per heavy atom. The van der Waals surface area contributed by atoms with Gasteiger partial charge in [-0.1, -0.05) is 0 Å². The van der Waals surface area contributed by atoms with Crippen LogP contribution in [-0.2, 0) is 9.53 Å². The van der Waals surface area contributed by atoms with Crippen LogP contribution in [0.1, 0.15) is 26.7 Å². The van der Waals surface area contributed by atoms with Crippen molar-refractivity contribution in [2.24, 2.45) is 4.99 Å². The average Bonchev–Trinajstić information content (AvgIpc) is 2.43. The van der Waals surface area contributed by atoms with Gasteiger partial charge < -0.3 is 10.1 Å². The Kier molecular flexibility index (Phi) is 2.65. The second-order valence-corrected chi connectivity index (χ2v) is 4.12. The summed E-state index contributed by atoms with van der Waals surface area (Å²) in [6, 6.07) is 0. The summed E-state index contributed by atoms with van der Waals surface area (Å²) in [6.45, 7) is 5.23. The Hall–Kier alpha value is -1.10. The van der Waals surface area contributed by atoms with Gasteiger partial charge in [-0.25, -0.2) is 0 Å². The molecular formula is C10H17N3O2. The fraction of sp³-hybridized carbons (Fsp3) is 0.800. The lowest BCUT2D eigenvalue weighted by Gasteiger charge is -2.34. The van der Waals surface area contributed by atoms with Crippen LogP contribution in [0.5, 0.6) is 0 Å². The number of hydrogen-bond acceptors (Lipinski definition) is 3. The monoisotopic (exact) mass is 211 g/mol. The van der Waals surface area contributed by atoms with E-state index < -0.39 is 5.54 Å². The molecule has 2 N–H and O–H groups in total. The molecule has 2 aliphatic rings. The van der Waals surface area contributed by atoms with Crippen LogP contribution in [0.15, 0.2) is 4.99 Å². The number of nitrogens with one attached hydrogen (secondary N) is 2. The van der Waals surface area contributed by atoms with Crippen LogP contribution in [0.2, 0.25) is 0 Å². The highest BCUT2D eigenvalue weighted by molar-refractivity contribution is 6.09. The Balaban J connectivity index is 2.15. The smallest absolute Gasteiger partial charge is 0.252 e. The number of rotatable bonds is 1. The molecule has 5 nitrogen and oxygen atoms in total. The molecule has 0 aliphatic carbocycles. The maximum Gasteiger partial charge on any atom is 0.252 e. The largest absolute Gasteiger partial charge is 0.378 e. The van der Waals surface area contributed by atoms with Crippen LogP contribution in [0.3, 0.4) is 0 Å². The number of nitrogens with zero attached hydrogens (tertiary/aromatic N) is 1. The average molecular weight is 211 g/mol. The van der Waals surface area contributed by atoms with Crippen LogP contribution in [0.25, 0.3) is 0 Å². The molecule has 1 amide bonds. The molecule has 84 valence electrons. The number of guanidine groups is 1. The summed E-state index contributed by atoms with van der Waals surface area (Å²) in [4.78, 5) is 16.1. The molecule has 0 saturated carbocycles. The lowest BCUT2D eigenvalue weighted by molar-refractivity contribution is -0.129. The van der Waals surface area contributed by atoms with Crippen LogP contribution in [0, 0.1) is 0 Å². The van der Waals surface area contributed by atoms with E-state index in [-0.39, 0.29) is 12.0 Å². The lowest BCUT2D eigenvalue weighted by atomic mass is 9.87. The molecule has 2 aliphatic heterocycles. The van der Waals surface area contributed by atoms with Gasteiger partial charge in [0.05, 0.1) is 6.10 Å². The van der Waals surface area contributed by atoms with Crippen molar-refractivity contribution in [1.29, 1.82) is 0 Å². The maximum absolute atomic E-state index is 11.9. The summed E-state index contributed by atoms with van der Waals surface area (Å²) < 4.78 is 5.45. The fourth-order valence-corrected chi connectivity index (χ4v) is 2.18. The third-order valence-corrected chi connectivity index (χ3v) is 2.91. The number of carbonyl (C=O) groups excluding carboxylic acids is 1. The first kappa shape index (κ1) is 10.4. The maximum atomic E-state index is 11.9. The topological polar surface area (TPSA) is 62.7 Å². The highest BCUT2D eigenvalue weighted by atomic mass is 16.5. The normalized spacial score (nSPS) is 38.1. The van der Waals surface area contributed by atoms with E-state index in [9.17, 15) is 4.79 Å². The molecule has 0 aromatic heterocycles. The number of ether oxygens (including phenoxy) is 1. The molecule has 0 bridgehead atoms. The molecule has 2 atom stereocenters. The van der Waals surface area contributed by atoms with Crippen molar-refractivity contribution >= 4 is 11.9 Å². The van der Waals surface area contributed by atoms with E-state index in [4.69, 9.17) is 4.74 Å². The number of aliphatic imine (C=N–C) groups is 1. The minimum atomic E-state index is -0.480. The Morgan fingerprint density at radius 3 is 3.13 bits per heavy atom. The standard InChI is InChI=1S/C10H17N3O2/c1-3-11-9-12-8(14)10(13-9)4-5-15-7(2)6-10/h7H,3-6H2,1-2H3,(H2,11,12,13,14). The molecule has 2 fully saturated rings. The van der Waals surface area contributed by atoms with Gasteiger partial charge in [-0.15, -0.1) is 0 Å². The summed E-state index contributed by atoms with van der Waals surface area (Å²) in [7, 11) is 0. The van der Waals surface area contributed by atoms with Gasteiger partial charge in [0.1, 0.15) is 5.54 Å². The van der Waals surface area contributed by atoms with Crippen molar-refractivity contribution in [2.45, 2.75) is 38.3 Å². The number of amides is 1. The predicted molar refractivity (Wildman–Crippen MR) is 56.6 cm³/mol. The fourth-order valence-electron chi connectivity index (χ4n) is 2.18. The van der Waals surface area contributed by atoms with Gasteiger partial charge in [-0.05, 0) is 13.8 Å². The summed E-state index contributed by atoms with van der Waals surface area (Å²) >= 11 is 0. The molecule has 5 heteroatoms. The Labute approximate surface area is 89.3 Å². The molecule has 2 heterocycles. The lowest BCUT2D eigenvalue weighted by Crippen LogP contribution is -2.52. The van der Waals surface area contributed by atoms with Crippen molar-refractivity contribution < 1.29 is 9.53 Å². The second kappa shape index (κ2) is 3.81. The molecule has 15 heavy (non-hydrogen) atoms. The molecule has 2 unspecified atom stereocenters. The first-order chi connectivity index (χ1) is 7.16. The summed E-state index contributed by atoms with van der Waals surface area (Å²) in [5.41, 5.74) is -0.480. The van der Waals surface area contributed by atoms with Gasteiger partial charge in [0.2, 0.25) is 0 Å². The molecule has 2 rings (SSSR count). The molecule has 1 spiro atoms. The minimum Gasteiger partial charge on any atom is -0.378 e. The zero-order valence-electron chi connectivity index (χ0n) is 9.17. The highest BCUT2D eigenvalue weighted by Crippen LogP contribution is 2.27. The van der Waals surface area contributed by atoms with Gasteiger partial charge >= 0.3 is 0 Å². The number of carbonyl (C=O) groups is 1.